The maximum Gasteiger partial charge on any atom is 0.335 e. The highest BCUT2D eigenvalue weighted by Crippen LogP contribution is 2.33. The molecule has 5 heteroatoms. The van der Waals surface area contributed by atoms with Crippen molar-refractivity contribution >= 4 is 33.5 Å². The van der Waals surface area contributed by atoms with Crippen LogP contribution in [0.5, 0.6) is 5.75 Å². The summed E-state index contributed by atoms with van der Waals surface area (Å²) >= 11 is 8.93. The van der Waals surface area contributed by atoms with E-state index in [1.807, 2.05) is 0 Å². The number of rotatable bonds is 2. The Morgan fingerprint density at radius 2 is 2.23 bits per heavy atom. The minimum Gasteiger partial charge on any atom is -0.495 e. The van der Waals surface area contributed by atoms with Crippen molar-refractivity contribution in [3.8, 4) is 5.75 Å². The number of methoxy groups -OCH3 is 1. The van der Waals surface area contributed by atoms with Gasteiger partial charge in [-0.2, -0.15) is 0 Å². The molecule has 1 aromatic rings. The van der Waals surface area contributed by atoms with Gasteiger partial charge >= 0.3 is 5.97 Å². The molecule has 1 aromatic carbocycles. The number of aromatic carboxylic acids is 1. The zero-order valence-corrected chi connectivity index (χ0v) is 9.02. The zero-order chi connectivity index (χ0) is 10.0. The van der Waals surface area contributed by atoms with Crippen LogP contribution in [-0.4, -0.2) is 18.2 Å². The predicted octanol–water partition coefficient (Wildman–Crippen LogP) is 2.81. The van der Waals surface area contributed by atoms with Crippen LogP contribution in [0.1, 0.15) is 10.4 Å². The van der Waals surface area contributed by atoms with E-state index < -0.39 is 5.97 Å². The van der Waals surface area contributed by atoms with Crippen LogP contribution in [0.2, 0.25) is 5.02 Å². The number of ether oxygens (including phenoxy) is 1. The summed E-state index contributed by atoms with van der Waals surface area (Å²) in [6.07, 6.45) is 0. The zero-order valence-electron chi connectivity index (χ0n) is 6.67. The fraction of sp³-hybridized carbons (Fsp3) is 0.125. The molecule has 0 aliphatic carbocycles. The molecule has 70 valence electrons. The maximum atomic E-state index is 10.6. The van der Waals surface area contributed by atoms with Gasteiger partial charge < -0.3 is 9.84 Å². The third-order valence-electron chi connectivity index (χ3n) is 1.46. The number of halogens is 2. The minimum absolute atomic E-state index is 0.102. The fourth-order valence-corrected chi connectivity index (χ4v) is 1.44. The van der Waals surface area contributed by atoms with Crippen molar-refractivity contribution in [3.05, 3.63) is 27.2 Å². The summed E-state index contributed by atoms with van der Waals surface area (Å²) in [4.78, 5) is 10.6. The van der Waals surface area contributed by atoms with E-state index in [0.717, 1.165) is 0 Å². The Balaban J connectivity index is 3.30. The first-order chi connectivity index (χ1) is 6.06. The molecular formula is C8H6BrClO3. The van der Waals surface area contributed by atoms with Crippen LogP contribution in [0.3, 0.4) is 0 Å². The van der Waals surface area contributed by atoms with Crippen LogP contribution < -0.4 is 4.74 Å². The van der Waals surface area contributed by atoms with E-state index in [9.17, 15) is 4.79 Å². The van der Waals surface area contributed by atoms with Crippen molar-refractivity contribution < 1.29 is 14.6 Å². The molecule has 0 amide bonds. The van der Waals surface area contributed by atoms with Gasteiger partial charge in [-0.05, 0) is 28.1 Å². The Bertz CT molecular complexity index is 351. The van der Waals surface area contributed by atoms with Crippen molar-refractivity contribution in [1.82, 2.24) is 0 Å². The van der Waals surface area contributed by atoms with E-state index in [2.05, 4.69) is 15.9 Å². The Labute approximate surface area is 88.4 Å². The number of carbonyl (C=O) groups is 1. The lowest BCUT2D eigenvalue weighted by Gasteiger charge is -2.05. The molecule has 0 spiro atoms. The molecule has 3 nitrogen and oxygen atoms in total. The third kappa shape index (κ3) is 2.14. The van der Waals surface area contributed by atoms with Gasteiger partial charge in [0, 0.05) is 0 Å². The molecule has 0 heterocycles. The molecule has 0 saturated heterocycles. The number of hydrogen-bond acceptors (Lipinski definition) is 2. The Hall–Kier alpha value is -0.740. The quantitative estimate of drug-likeness (QED) is 0.894. The molecular weight excluding hydrogens is 259 g/mol. The van der Waals surface area contributed by atoms with Crippen molar-refractivity contribution in [2.24, 2.45) is 0 Å². The van der Waals surface area contributed by atoms with Crippen molar-refractivity contribution in [1.29, 1.82) is 0 Å². The fourth-order valence-electron chi connectivity index (χ4n) is 0.836. The van der Waals surface area contributed by atoms with E-state index in [4.69, 9.17) is 21.4 Å². The predicted molar refractivity (Wildman–Crippen MR) is 52.7 cm³/mol. The van der Waals surface area contributed by atoms with E-state index in [1.165, 1.54) is 19.2 Å². The van der Waals surface area contributed by atoms with Gasteiger partial charge in [0.1, 0.15) is 5.75 Å². The lowest BCUT2D eigenvalue weighted by atomic mass is 10.2. The van der Waals surface area contributed by atoms with Gasteiger partial charge in [0.05, 0.1) is 22.2 Å². The first kappa shape index (κ1) is 10.3. The summed E-state index contributed by atoms with van der Waals surface area (Å²) in [5.74, 6) is -0.627. The highest BCUT2D eigenvalue weighted by atomic mass is 79.9. The average Bonchev–Trinajstić information content (AvgIpc) is 2.09. The minimum atomic E-state index is -1.03. The van der Waals surface area contributed by atoms with Gasteiger partial charge in [-0.3, -0.25) is 0 Å². The molecule has 1 N–H and O–H groups in total. The maximum absolute atomic E-state index is 10.6. The third-order valence-corrected chi connectivity index (χ3v) is 2.81. The standard InChI is InChI=1S/C8H6BrClO3/c1-13-6-3-4(8(11)12)2-5(10)7(6)9/h2-3H,1H3,(H,11,12). The molecule has 1 rings (SSSR count). The monoisotopic (exact) mass is 264 g/mol. The van der Waals surface area contributed by atoms with Gasteiger partial charge in [0.2, 0.25) is 0 Å². The molecule has 0 aliphatic heterocycles. The summed E-state index contributed by atoms with van der Waals surface area (Å²) in [5, 5.41) is 9.01. The largest absolute Gasteiger partial charge is 0.495 e. The van der Waals surface area contributed by atoms with E-state index in [-0.39, 0.29) is 5.56 Å². The molecule has 0 unspecified atom stereocenters. The molecule has 0 saturated carbocycles. The summed E-state index contributed by atoms with van der Waals surface area (Å²) in [6, 6.07) is 2.76. The van der Waals surface area contributed by atoms with Crippen LogP contribution in [0.4, 0.5) is 0 Å². The van der Waals surface area contributed by atoms with Gasteiger partial charge in [0.15, 0.2) is 0 Å². The molecule has 0 aliphatic rings. The summed E-state index contributed by atoms with van der Waals surface area (Å²) in [7, 11) is 1.45. The highest BCUT2D eigenvalue weighted by molar-refractivity contribution is 9.10. The highest BCUT2D eigenvalue weighted by Gasteiger charge is 2.11. The molecule has 0 aromatic heterocycles. The molecule has 0 atom stereocenters. The SMILES string of the molecule is COc1cc(C(=O)O)cc(Cl)c1Br. The Morgan fingerprint density at radius 1 is 1.62 bits per heavy atom. The summed E-state index contributed by atoms with van der Waals surface area (Å²) in [5.41, 5.74) is 0.102. The number of benzene rings is 1. The number of hydrogen-bond donors (Lipinski definition) is 1. The second kappa shape index (κ2) is 3.98. The number of carboxylic acids is 1. The summed E-state index contributed by atoms with van der Waals surface area (Å²) < 4.78 is 5.48. The lowest BCUT2D eigenvalue weighted by molar-refractivity contribution is 0.0696. The van der Waals surface area contributed by atoms with Crippen LogP contribution in [0, 0.1) is 0 Å². The number of carboxylic acid groups (broad SMARTS) is 1. The first-order valence-electron chi connectivity index (χ1n) is 3.32. The Morgan fingerprint density at radius 3 is 2.69 bits per heavy atom. The van der Waals surface area contributed by atoms with E-state index in [1.54, 1.807) is 0 Å². The smallest absolute Gasteiger partial charge is 0.335 e. The van der Waals surface area contributed by atoms with Crippen molar-refractivity contribution in [2.45, 2.75) is 0 Å². The topological polar surface area (TPSA) is 46.5 Å². The molecule has 13 heavy (non-hydrogen) atoms. The summed E-state index contributed by atoms with van der Waals surface area (Å²) in [6.45, 7) is 0. The molecule has 0 radical (unpaired) electrons. The average molecular weight is 265 g/mol. The lowest BCUT2D eigenvalue weighted by Crippen LogP contribution is -1.97. The van der Waals surface area contributed by atoms with Gasteiger partial charge in [-0.1, -0.05) is 11.6 Å². The van der Waals surface area contributed by atoms with Crippen LogP contribution in [0.25, 0.3) is 0 Å². The van der Waals surface area contributed by atoms with E-state index in [0.29, 0.717) is 15.2 Å². The Kier molecular flexibility index (Phi) is 3.17. The van der Waals surface area contributed by atoms with Gasteiger partial charge in [0.25, 0.3) is 0 Å². The van der Waals surface area contributed by atoms with E-state index >= 15 is 0 Å². The van der Waals surface area contributed by atoms with Crippen LogP contribution >= 0.6 is 27.5 Å². The normalized spacial score (nSPS) is 9.77. The molecule has 0 bridgehead atoms. The second-order valence-electron chi connectivity index (χ2n) is 2.28. The van der Waals surface area contributed by atoms with Gasteiger partial charge in [-0.25, -0.2) is 4.79 Å². The van der Waals surface area contributed by atoms with Crippen LogP contribution in [-0.2, 0) is 0 Å². The van der Waals surface area contributed by atoms with Gasteiger partial charge in [-0.15, -0.1) is 0 Å². The van der Waals surface area contributed by atoms with Crippen molar-refractivity contribution in [2.75, 3.05) is 7.11 Å². The second-order valence-corrected chi connectivity index (χ2v) is 3.48. The first-order valence-corrected chi connectivity index (χ1v) is 4.49. The van der Waals surface area contributed by atoms with Crippen LogP contribution in [0.15, 0.2) is 16.6 Å². The molecule has 0 fully saturated rings. The van der Waals surface area contributed by atoms with Crippen molar-refractivity contribution in [3.63, 3.8) is 0 Å².